The fourth-order valence-corrected chi connectivity index (χ4v) is 4.43. The van der Waals surface area contributed by atoms with Gasteiger partial charge in [-0.05, 0) is 61.9 Å². The number of carbonyl (C=O) groups excluding carboxylic acids is 1. The van der Waals surface area contributed by atoms with Gasteiger partial charge < -0.3 is 14.4 Å². The number of sulfonamides is 1. The second-order valence-corrected chi connectivity index (χ2v) is 9.38. The van der Waals surface area contributed by atoms with Crippen molar-refractivity contribution < 1.29 is 22.7 Å². The maximum Gasteiger partial charge on any atom is 0.265 e. The molecule has 0 heterocycles. The lowest BCUT2D eigenvalue weighted by Crippen LogP contribution is -2.31. The summed E-state index contributed by atoms with van der Waals surface area (Å²) in [5.41, 5.74) is 2.75. The molecule has 0 aliphatic rings. The SMILES string of the molecule is COc1ccc(C(=O)N(C)CCOc2cccc(C)c2)cc1S(=O)(=O)Nc1ccc(C)cc1. The van der Waals surface area contributed by atoms with Crippen LogP contribution in [-0.4, -0.2) is 46.5 Å². The van der Waals surface area contributed by atoms with E-state index in [1.54, 1.807) is 25.2 Å². The zero-order valence-corrected chi connectivity index (χ0v) is 20.0. The van der Waals surface area contributed by atoms with Gasteiger partial charge in [-0.3, -0.25) is 9.52 Å². The van der Waals surface area contributed by atoms with Gasteiger partial charge in [0.15, 0.2) is 0 Å². The Morgan fingerprint density at radius 3 is 2.36 bits per heavy atom. The van der Waals surface area contributed by atoms with Gasteiger partial charge in [-0.2, -0.15) is 0 Å². The molecule has 0 radical (unpaired) electrons. The summed E-state index contributed by atoms with van der Waals surface area (Å²) in [5, 5.41) is 0. The molecule has 7 nitrogen and oxygen atoms in total. The molecule has 0 unspecified atom stereocenters. The Balaban J connectivity index is 1.74. The largest absolute Gasteiger partial charge is 0.495 e. The lowest BCUT2D eigenvalue weighted by Gasteiger charge is -2.19. The van der Waals surface area contributed by atoms with Gasteiger partial charge in [0.25, 0.3) is 15.9 Å². The van der Waals surface area contributed by atoms with Crippen LogP contribution in [0.15, 0.2) is 71.6 Å². The van der Waals surface area contributed by atoms with Crippen LogP contribution in [-0.2, 0) is 10.0 Å². The number of anilines is 1. The van der Waals surface area contributed by atoms with E-state index in [4.69, 9.17) is 9.47 Å². The molecule has 0 bridgehead atoms. The van der Waals surface area contributed by atoms with Crippen molar-refractivity contribution in [2.45, 2.75) is 18.7 Å². The number of nitrogens with one attached hydrogen (secondary N) is 1. The molecule has 1 N–H and O–H groups in total. The maximum absolute atomic E-state index is 13.0. The summed E-state index contributed by atoms with van der Waals surface area (Å²) >= 11 is 0. The van der Waals surface area contributed by atoms with E-state index >= 15 is 0 Å². The van der Waals surface area contributed by atoms with Crippen LogP contribution in [0.25, 0.3) is 0 Å². The van der Waals surface area contributed by atoms with Gasteiger partial charge in [-0.15, -0.1) is 0 Å². The molecule has 0 aliphatic heterocycles. The van der Waals surface area contributed by atoms with Crippen molar-refractivity contribution in [2.24, 2.45) is 0 Å². The number of aryl methyl sites for hydroxylation is 2. The van der Waals surface area contributed by atoms with Crippen LogP contribution in [0.3, 0.4) is 0 Å². The molecule has 1 amide bonds. The first-order valence-corrected chi connectivity index (χ1v) is 11.9. The zero-order chi connectivity index (χ0) is 24.0. The summed E-state index contributed by atoms with van der Waals surface area (Å²) in [6, 6.07) is 19.0. The number of likely N-dealkylation sites (N-methyl/N-ethyl adjacent to an activating group) is 1. The van der Waals surface area contributed by atoms with Gasteiger partial charge in [-0.25, -0.2) is 8.42 Å². The van der Waals surface area contributed by atoms with E-state index in [1.165, 1.54) is 24.1 Å². The van der Waals surface area contributed by atoms with E-state index in [0.29, 0.717) is 18.8 Å². The summed E-state index contributed by atoms with van der Waals surface area (Å²) in [4.78, 5) is 14.3. The predicted octanol–water partition coefficient (Wildman–Crippen LogP) is 4.26. The van der Waals surface area contributed by atoms with Gasteiger partial charge in [0.2, 0.25) is 0 Å². The van der Waals surface area contributed by atoms with Gasteiger partial charge in [0, 0.05) is 18.3 Å². The molecule has 8 heteroatoms. The highest BCUT2D eigenvalue weighted by atomic mass is 32.2. The third-order valence-corrected chi connectivity index (χ3v) is 6.44. The number of hydrogen-bond donors (Lipinski definition) is 1. The lowest BCUT2D eigenvalue weighted by atomic mass is 10.2. The van der Waals surface area contributed by atoms with Crippen molar-refractivity contribution in [3.63, 3.8) is 0 Å². The quantitative estimate of drug-likeness (QED) is 0.507. The predicted molar refractivity (Wildman–Crippen MR) is 129 cm³/mol. The van der Waals surface area contributed by atoms with E-state index in [2.05, 4.69) is 4.72 Å². The third-order valence-electron chi connectivity index (χ3n) is 5.04. The average molecular weight is 469 g/mol. The molecule has 0 aromatic heterocycles. The number of carbonyl (C=O) groups is 1. The Morgan fingerprint density at radius 1 is 0.970 bits per heavy atom. The monoisotopic (exact) mass is 468 g/mol. The molecular weight excluding hydrogens is 440 g/mol. The molecule has 33 heavy (non-hydrogen) atoms. The second kappa shape index (κ2) is 10.4. The second-order valence-electron chi connectivity index (χ2n) is 7.73. The van der Waals surface area contributed by atoms with Crippen molar-refractivity contribution in [2.75, 3.05) is 32.0 Å². The molecule has 0 saturated carbocycles. The first-order valence-electron chi connectivity index (χ1n) is 10.4. The summed E-state index contributed by atoms with van der Waals surface area (Å²) in [6.45, 7) is 4.54. The molecule has 3 rings (SSSR count). The Hall–Kier alpha value is -3.52. The van der Waals surface area contributed by atoms with Crippen LogP contribution >= 0.6 is 0 Å². The Labute approximate surface area is 195 Å². The number of hydrogen-bond acceptors (Lipinski definition) is 5. The van der Waals surface area contributed by atoms with Gasteiger partial charge in [0.05, 0.1) is 13.7 Å². The van der Waals surface area contributed by atoms with Crippen LogP contribution in [0.5, 0.6) is 11.5 Å². The molecule has 3 aromatic rings. The number of nitrogens with zero attached hydrogens (tertiary/aromatic N) is 1. The van der Waals surface area contributed by atoms with Crippen LogP contribution in [0.1, 0.15) is 21.5 Å². The van der Waals surface area contributed by atoms with Crippen molar-refractivity contribution in [3.05, 3.63) is 83.4 Å². The molecule has 0 aliphatic carbocycles. The van der Waals surface area contributed by atoms with Crippen molar-refractivity contribution in [1.29, 1.82) is 0 Å². The minimum Gasteiger partial charge on any atom is -0.495 e. The smallest absolute Gasteiger partial charge is 0.265 e. The van der Waals surface area contributed by atoms with Crippen LogP contribution in [0, 0.1) is 13.8 Å². The van der Waals surface area contributed by atoms with Crippen LogP contribution < -0.4 is 14.2 Å². The van der Waals surface area contributed by atoms with E-state index in [0.717, 1.165) is 16.9 Å². The maximum atomic E-state index is 13.0. The molecule has 0 spiro atoms. The van der Waals surface area contributed by atoms with Gasteiger partial charge in [0.1, 0.15) is 23.0 Å². The summed E-state index contributed by atoms with van der Waals surface area (Å²) < 4.78 is 39.6. The first-order chi connectivity index (χ1) is 15.7. The summed E-state index contributed by atoms with van der Waals surface area (Å²) in [7, 11) is -0.949. The van der Waals surface area contributed by atoms with Gasteiger partial charge in [-0.1, -0.05) is 29.8 Å². The molecule has 0 saturated heterocycles. The number of rotatable bonds is 9. The number of amides is 1. The van der Waals surface area contributed by atoms with Crippen molar-refractivity contribution in [1.82, 2.24) is 4.90 Å². The molecule has 0 atom stereocenters. The molecular formula is C25H28N2O5S. The van der Waals surface area contributed by atoms with Crippen molar-refractivity contribution >= 4 is 21.6 Å². The Morgan fingerprint density at radius 2 is 1.70 bits per heavy atom. The highest BCUT2D eigenvalue weighted by Crippen LogP contribution is 2.27. The highest BCUT2D eigenvalue weighted by Gasteiger charge is 2.23. The number of benzene rings is 3. The summed E-state index contributed by atoms with van der Waals surface area (Å²) in [5.74, 6) is 0.560. The third kappa shape index (κ3) is 6.26. The number of ether oxygens (including phenoxy) is 2. The Bertz CT molecular complexity index is 1220. The minimum atomic E-state index is -3.98. The van der Waals surface area contributed by atoms with E-state index in [1.807, 2.05) is 50.2 Å². The fraction of sp³-hybridized carbons (Fsp3) is 0.240. The first kappa shape index (κ1) is 24.1. The molecule has 0 fully saturated rings. The van der Waals surface area contributed by atoms with Crippen LogP contribution in [0.4, 0.5) is 5.69 Å². The van der Waals surface area contributed by atoms with E-state index in [-0.39, 0.29) is 22.1 Å². The average Bonchev–Trinajstić information content (AvgIpc) is 2.79. The van der Waals surface area contributed by atoms with Crippen molar-refractivity contribution in [3.8, 4) is 11.5 Å². The lowest BCUT2D eigenvalue weighted by molar-refractivity contribution is 0.0773. The van der Waals surface area contributed by atoms with E-state index in [9.17, 15) is 13.2 Å². The van der Waals surface area contributed by atoms with Crippen LogP contribution in [0.2, 0.25) is 0 Å². The van der Waals surface area contributed by atoms with E-state index < -0.39 is 10.0 Å². The normalized spacial score (nSPS) is 11.0. The summed E-state index contributed by atoms with van der Waals surface area (Å²) in [6.07, 6.45) is 0. The molecule has 3 aromatic carbocycles. The standard InChI is InChI=1S/C25H28N2O5S/c1-18-8-11-21(12-9-18)26-33(29,30)24-17-20(10-13-23(24)31-4)25(28)27(3)14-15-32-22-7-5-6-19(2)16-22/h5-13,16-17,26H,14-15H2,1-4H3. The topological polar surface area (TPSA) is 84.9 Å². The highest BCUT2D eigenvalue weighted by molar-refractivity contribution is 7.92. The molecule has 174 valence electrons. The fourth-order valence-electron chi connectivity index (χ4n) is 3.18. The minimum absolute atomic E-state index is 0.110. The zero-order valence-electron chi connectivity index (χ0n) is 19.2. The Kier molecular flexibility index (Phi) is 7.60. The number of methoxy groups -OCH3 is 1. The van der Waals surface area contributed by atoms with Gasteiger partial charge >= 0.3 is 0 Å².